The maximum atomic E-state index is 10.9. The maximum Gasteiger partial charge on any atom is 0.349 e. The Hall–Kier alpha value is -1.00. The summed E-state index contributed by atoms with van der Waals surface area (Å²) in [5.74, 6) is -0.610. The summed E-state index contributed by atoms with van der Waals surface area (Å²) < 4.78 is 5.24. The molecule has 0 aliphatic heterocycles. The Morgan fingerprint density at radius 2 is 2.40 bits per heavy atom. The van der Waals surface area contributed by atoms with Crippen molar-refractivity contribution < 1.29 is 14.6 Å². The molecule has 82 valence electrons. The standard InChI is InChI=1S/C10H11ClO3S/c1-3-7-4-8(14-5-6(2)11)9(15-7)10(12)13/h4H,2-3,5H2,1H3,(H,12,13). The molecule has 1 aromatic rings. The van der Waals surface area contributed by atoms with Crippen LogP contribution >= 0.6 is 22.9 Å². The van der Waals surface area contributed by atoms with E-state index in [0.717, 1.165) is 11.3 Å². The Morgan fingerprint density at radius 1 is 1.73 bits per heavy atom. The van der Waals surface area contributed by atoms with E-state index in [2.05, 4.69) is 6.58 Å². The van der Waals surface area contributed by atoms with E-state index in [-0.39, 0.29) is 11.5 Å². The van der Waals surface area contributed by atoms with Crippen molar-refractivity contribution in [2.24, 2.45) is 0 Å². The molecule has 3 nitrogen and oxygen atoms in total. The van der Waals surface area contributed by atoms with Gasteiger partial charge in [-0.05, 0) is 12.5 Å². The highest BCUT2D eigenvalue weighted by atomic mass is 35.5. The van der Waals surface area contributed by atoms with Gasteiger partial charge in [0.25, 0.3) is 0 Å². The van der Waals surface area contributed by atoms with Crippen LogP contribution in [0.3, 0.4) is 0 Å². The number of carbonyl (C=O) groups is 1. The molecule has 1 heterocycles. The summed E-state index contributed by atoms with van der Waals surface area (Å²) in [7, 11) is 0. The topological polar surface area (TPSA) is 46.5 Å². The van der Waals surface area contributed by atoms with Gasteiger partial charge in [0.15, 0.2) is 4.88 Å². The van der Waals surface area contributed by atoms with Crippen LogP contribution in [-0.2, 0) is 6.42 Å². The first-order chi connectivity index (χ1) is 7.04. The van der Waals surface area contributed by atoms with E-state index in [4.69, 9.17) is 21.4 Å². The predicted molar refractivity (Wildman–Crippen MR) is 61.1 cm³/mol. The van der Waals surface area contributed by atoms with Crippen molar-refractivity contribution in [3.05, 3.63) is 27.4 Å². The lowest BCUT2D eigenvalue weighted by atomic mass is 10.3. The summed E-state index contributed by atoms with van der Waals surface area (Å²) in [6.45, 7) is 5.55. The summed E-state index contributed by atoms with van der Waals surface area (Å²) in [5, 5.41) is 9.26. The number of hydrogen-bond acceptors (Lipinski definition) is 3. The van der Waals surface area contributed by atoms with Crippen molar-refractivity contribution in [3.63, 3.8) is 0 Å². The first kappa shape index (κ1) is 12.1. The molecule has 1 rings (SSSR count). The fourth-order valence-electron chi connectivity index (χ4n) is 1.01. The Morgan fingerprint density at radius 3 is 2.87 bits per heavy atom. The monoisotopic (exact) mass is 246 g/mol. The van der Waals surface area contributed by atoms with Crippen LogP contribution in [0.15, 0.2) is 17.7 Å². The largest absolute Gasteiger partial charge is 0.486 e. The van der Waals surface area contributed by atoms with Crippen LogP contribution in [0.1, 0.15) is 21.5 Å². The minimum Gasteiger partial charge on any atom is -0.486 e. The van der Waals surface area contributed by atoms with E-state index in [1.165, 1.54) is 11.3 Å². The molecule has 15 heavy (non-hydrogen) atoms. The number of ether oxygens (including phenoxy) is 1. The zero-order valence-electron chi connectivity index (χ0n) is 8.25. The van der Waals surface area contributed by atoms with Crippen LogP contribution < -0.4 is 4.74 Å². The Bertz CT molecular complexity index is 384. The first-order valence-electron chi connectivity index (χ1n) is 4.36. The van der Waals surface area contributed by atoms with Gasteiger partial charge in [0.2, 0.25) is 0 Å². The maximum absolute atomic E-state index is 10.9. The summed E-state index contributed by atoms with van der Waals surface area (Å²) >= 11 is 6.76. The zero-order valence-corrected chi connectivity index (χ0v) is 9.82. The second-order valence-electron chi connectivity index (χ2n) is 2.87. The van der Waals surface area contributed by atoms with Crippen LogP contribution in [0.2, 0.25) is 0 Å². The molecule has 0 radical (unpaired) electrons. The molecule has 0 fully saturated rings. The lowest BCUT2D eigenvalue weighted by molar-refractivity contribution is 0.0698. The quantitative estimate of drug-likeness (QED) is 0.868. The minimum absolute atomic E-state index is 0.127. The second kappa shape index (κ2) is 5.19. The van der Waals surface area contributed by atoms with E-state index < -0.39 is 5.97 Å². The third kappa shape index (κ3) is 3.25. The molecule has 1 aromatic heterocycles. The van der Waals surface area contributed by atoms with Gasteiger partial charge < -0.3 is 9.84 Å². The minimum atomic E-state index is -0.977. The number of aromatic carboxylic acids is 1. The molecule has 0 amide bonds. The normalized spacial score (nSPS) is 10.0. The second-order valence-corrected chi connectivity index (χ2v) is 4.54. The van der Waals surface area contributed by atoms with Crippen molar-refractivity contribution in [2.75, 3.05) is 6.61 Å². The van der Waals surface area contributed by atoms with Crippen LogP contribution in [0.4, 0.5) is 0 Å². The summed E-state index contributed by atoms with van der Waals surface area (Å²) in [6, 6.07) is 1.73. The third-order valence-electron chi connectivity index (χ3n) is 1.68. The molecule has 0 bridgehead atoms. The Labute approximate surface area is 96.9 Å². The van der Waals surface area contributed by atoms with Gasteiger partial charge in [-0.2, -0.15) is 0 Å². The van der Waals surface area contributed by atoms with Crippen LogP contribution in [0.25, 0.3) is 0 Å². The lowest BCUT2D eigenvalue weighted by Gasteiger charge is -2.02. The van der Waals surface area contributed by atoms with Crippen LogP contribution in [0.5, 0.6) is 5.75 Å². The van der Waals surface area contributed by atoms with E-state index in [9.17, 15) is 4.79 Å². The van der Waals surface area contributed by atoms with Gasteiger partial charge in [0, 0.05) is 9.91 Å². The molecule has 1 N–H and O–H groups in total. The molecule has 0 aromatic carbocycles. The molecule has 5 heteroatoms. The number of hydrogen-bond donors (Lipinski definition) is 1. The Kier molecular flexibility index (Phi) is 4.17. The van der Waals surface area contributed by atoms with Crippen molar-refractivity contribution in [2.45, 2.75) is 13.3 Å². The summed E-state index contributed by atoms with van der Waals surface area (Å²) in [5.41, 5.74) is 0. The van der Waals surface area contributed by atoms with Crippen molar-refractivity contribution >= 4 is 28.9 Å². The molecular formula is C10H11ClO3S. The molecule has 0 atom stereocenters. The third-order valence-corrected chi connectivity index (χ3v) is 3.03. The van der Waals surface area contributed by atoms with E-state index in [0.29, 0.717) is 10.8 Å². The van der Waals surface area contributed by atoms with Gasteiger partial charge in [0.1, 0.15) is 12.4 Å². The highest BCUT2D eigenvalue weighted by Gasteiger charge is 2.16. The molecule has 0 saturated heterocycles. The molecule has 0 saturated carbocycles. The number of thiophene rings is 1. The molecule has 0 aliphatic rings. The summed E-state index contributed by atoms with van der Waals surface area (Å²) in [6.07, 6.45) is 0.788. The van der Waals surface area contributed by atoms with Crippen molar-refractivity contribution in [3.8, 4) is 5.75 Å². The fraction of sp³-hybridized carbons (Fsp3) is 0.300. The molecular weight excluding hydrogens is 236 g/mol. The van der Waals surface area contributed by atoms with Crippen LogP contribution in [-0.4, -0.2) is 17.7 Å². The van der Waals surface area contributed by atoms with Crippen LogP contribution in [0, 0.1) is 0 Å². The lowest BCUT2D eigenvalue weighted by Crippen LogP contribution is -2.00. The first-order valence-corrected chi connectivity index (χ1v) is 5.56. The number of carboxylic acid groups (broad SMARTS) is 1. The van der Waals surface area contributed by atoms with Gasteiger partial charge >= 0.3 is 5.97 Å². The predicted octanol–water partition coefficient (Wildman–Crippen LogP) is 3.14. The average molecular weight is 247 g/mol. The van der Waals surface area contributed by atoms with Crippen molar-refractivity contribution in [1.29, 1.82) is 0 Å². The number of halogens is 1. The van der Waals surface area contributed by atoms with E-state index >= 15 is 0 Å². The van der Waals surface area contributed by atoms with E-state index in [1.807, 2.05) is 6.92 Å². The van der Waals surface area contributed by atoms with Gasteiger partial charge in [-0.25, -0.2) is 4.79 Å². The Balaban J connectivity index is 2.88. The number of rotatable bonds is 5. The van der Waals surface area contributed by atoms with Gasteiger partial charge in [-0.1, -0.05) is 25.1 Å². The van der Waals surface area contributed by atoms with Gasteiger partial charge in [-0.3, -0.25) is 0 Å². The van der Waals surface area contributed by atoms with Gasteiger partial charge in [0.05, 0.1) is 0 Å². The highest BCUT2D eigenvalue weighted by molar-refractivity contribution is 7.14. The average Bonchev–Trinajstić information content (AvgIpc) is 2.57. The highest BCUT2D eigenvalue weighted by Crippen LogP contribution is 2.30. The number of aryl methyl sites for hydroxylation is 1. The SMILES string of the molecule is C=C(Cl)COc1cc(CC)sc1C(=O)O. The number of carboxylic acids is 1. The molecule has 0 spiro atoms. The smallest absolute Gasteiger partial charge is 0.349 e. The van der Waals surface area contributed by atoms with E-state index in [1.54, 1.807) is 6.07 Å². The van der Waals surface area contributed by atoms with Gasteiger partial charge in [-0.15, -0.1) is 11.3 Å². The fourth-order valence-corrected chi connectivity index (χ4v) is 1.94. The van der Waals surface area contributed by atoms with Crippen molar-refractivity contribution in [1.82, 2.24) is 0 Å². The zero-order chi connectivity index (χ0) is 11.4. The molecule has 0 unspecified atom stereocenters. The molecule has 0 aliphatic carbocycles. The summed E-state index contributed by atoms with van der Waals surface area (Å²) in [4.78, 5) is 12.1.